The van der Waals surface area contributed by atoms with Gasteiger partial charge >= 0.3 is 6.18 Å². The third-order valence-electron chi connectivity index (χ3n) is 5.62. The van der Waals surface area contributed by atoms with Gasteiger partial charge in [0, 0.05) is 11.6 Å². The predicted octanol–water partition coefficient (Wildman–Crippen LogP) is 4.42. The zero-order valence-corrected chi connectivity index (χ0v) is 17.7. The third kappa shape index (κ3) is 4.13. The number of benzene rings is 2. The van der Waals surface area contributed by atoms with Crippen LogP contribution in [0.4, 0.5) is 22.0 Å². The fourth-order valence-corrected chi connectivity index (χ4v) is 3.72. The van der Waals surface area contributed by atoms with Gasteiger partial charge in [0.25, 0.3) is 0 Å². The SMILES string of the molecule is CCC(O)(C1=CN(Cc2ccc3c(-c4ccc(F)c(F)c4)cc(C#N)nc3c2)NN1)C(F)(F)F. The van der Waals surface area contributed by atoms with E-state index in [1.54, 1.807) is 18.2 Å². The lowest BCUT2D eigenvalue weighted by atomic mass is 9.96. The molecule has 3 N–H and O–H groups in total. The van der Waals surface area contributed by atoms with Crippen LogP contribution in [0.1, 0.15) is 24.6 Å². The van der Waals surface area contributed by atoms with Gasteiger partial charge in [0.2, 0.25) is 5.60 Å². The monoisotopic (exact) mass is 475 g/mol. The van der Waals surface area contributed by atoms with Crippen LogP contribution in [0.3, 0.4) is 0 Å². The molecule has 0 aliphatic carbocycles. The van der Waals surface area contributed by atoms with Crippen LogP contribution in [0.25, 0.3) is 22.0 Å². The second-order valence-corrected chi connectivity index (χ2v) is 7.77. The molecular weight excluding hydrogens is 457 g/mol. The highest BCUT2D eigenvalue weighted by atomic mass is 19.4. The molecule has 0 spiro atoms. The minimum atomic E-state index is -4.87. The summed E-state index contributed by atoms with van der Waals surface area (Å²) in [7, 11) is 0. The Morgan fingerprint density at radius 3 is 2.50 bits per heavy atom. The minimum absolute atomic E-state index is 0.0608. The molecule has 0 fully saturated rings. The number of halogens is 5. The quantitative estimate of drug-likeness (QED) is 0.474. The molecule has 34 heavy (non-hydrogen) atoms. The molecule has 0 saturated carbocycles. The van der Waals surface area contributed by atoms with Gasteiger partial charge in [-0.25, -0.2) is 13.8 Å². The lowest BCUT2D eigenvalue weighted by Crippen LogP contribution is -2.50. The highest BCUT2D eigenvalue weighted by molar-refractivity contribution is 5.95. The van der Waals surface area contributed by atoms with Gasteiger partial charge in [0.05, 0.1) is 17.8 Å². The number of hydrazine groups is 2. The number of aliphatic hydroxyl groups is 1. The third-order valence-corrected chi connectivity index (χ3v) is 5.62. The average molecular weight is 475 g/mol. The fraction of sp³-hybridized carbons (Fsp3) is 0.217. The Kier molecular flexibility index (Phi) is 5.89. The minimum Gasteiger partial charge on any atom is -0.375 e. The number of hydrogen-bond donors (Lipinski definition) is 3. The van der Waals surface area contributed by atoms with Crippen molar-refractivity contribution in [3.63, 3.8) is 0 Å². The summed E-state index contributed by atoms with van der Waals surface area (Å²) in [5.41, 5.74) is 3.39. The molecule has 11 heteroatoms. The number of pyridine rings is 1. The Bertz CT molecular complexity index is 1330. The summed E-state index contributed by atoms with van der Waals surface area (Å²) < 4.78 is 67.1. The van der Waals surface area contributed by atoms with Crippen molar-refractivity contribution < 1.29 is 27.1 Å². The fourth-order valence-electron chi connectivity index (χ4n) is 3.72. The number of alkyl halides is 3. The normalized spacial score (nSPS) is 15.6. The van der Waals surface area contributed by atoms with Crippen LogP contribution >= 0.6 is 0 Å². The van der Waals surface area contributed by atoms with Gasteiger partial charge in [0.15, 0.2) is 11.6 Å². The standard InChI is InChI=1S/C23H18F5N5O/c1-2-22(34,23(26,27)28)21-12-33(32-31-21)11-13-3-5-16-17(9-15(10-29)30-20(16)7-13)14-4-6-18(24)19(25)8-14/h3-9,12,31-32,34H,2,11H2,1H3. The van der Waals surface area contributed by atoms with Crippen molar-refractivity contribution in [1.29, 1.82) is 5.26 Å². The zero-order chi connectivity index (χ0) is 24.7. The smallest absolute Gasteiger partial charge is 0.375 e. The number of fused-ring (bicyclic) bond motifs is 1. The molecule has 2 aromatic carbocycles. The van der Waals surface area contributed by atoms with Crippen LogP contribution in [0.5, 0.6) is 0 Å². The van der Waals surface area contributed by atoms with E-state index in [1.165, 1.54) is 24.1 Å². The van der Waals surface area contributed by atoms with Crippen molar-refractivity contribution in [2.75, 3.05) is 0 Å². The summed E-state index contributed by atoms with van der Waals surface area (Å²) in [5.74, 6) is -2.02. The number of nitrogens with zero attached hydrogens (tertiary/aromatic N) is 3. The molecule has 0 amide bonds. The van der Waals surface area contributed by atoms with Crippen LogP contribution in [0.15, 0.2) is 54.4 Å². The van der Waals surface area contributed by atoms with Gasteiger partial charge in [-0.1, -0.05) is 25.1 Å². The molecule has 1 aliphatic rings. The predicted molar refractivity (Wildman–Crippen MR) is 113 cm³/mol. The number of nitrogens with one attached hydrogen (secondary N) is 2. The van der Waals surface area contributed by atoms with Gasteiger partial charge in [-0.2, -0.15) is 18.4 Å². The van der Waals surface area contributed by atoms with E-state index in [0.717, 1.165) is 18.3 Å². The molecule has 2 heterocycles. The molecule has 1 unspecified atom stereocenters. The van der Waals surface area contributed by atoms with Gasteiger partial charge in [0.1, 0.15) is 11.8 Å². The van der Waals surface area contributed by atoms with Crippen LogP contribution < -0.4 is 11.0 Å². The lowest BCUT2D eigenvalue weighted by molar-refractivity contribution is -0.246. The molecule has 0 saturated heterocycles. The number of aromatic nitrogens is 1. The molecule has 0 bridgehead atoms. The van der Waals surface area contributed by atoms with E-state index in [0.29, 0.717) is 27.6 Å². The zero-order valence-electron chi connectivity index (χ0n) is 17.7. The first kappa shape index (κ1) is 23.4. The maximum absolute atomic E-state index is 13.8. The van der Waals surface area contributed by atoms with Crippen LogP contribution in [-0.4, -0.2) is 26.9 Å². The summed E-state index contributed by atoms with van der Waals surface area (Å²) in [4.78, 5) is 4.27. The van der Waals surface area contributed by atoms with Crippen LogP contribution in [0.2, 0.25) is 0 Å². The van der Waals surface area contributed by atoms with E-state index in [4.69, 9.17) is 0 Å². The van der Waals surface area contributed by atoms with E-state index in [1.807, 2.05) is 6.07 Å². The Balaban J connectivity index is 1.68. The van der Waals surface area contributed by atoms with Crippen molar-refractivity contribution in [3.8, 4) is 17.2 Å². The molecule has 0 radical (unpaired) electrons. The van der Waals surface area contributed by atoms with Crippen molar-refractivity contribution in [3.05, 3.63) is 77.3 Å². The number of nitriles is 1. The molecule has 4 rings (SSSR count). The largest absolute Gasteiger partial charge is 0.422 e. The van der Waals surface area contributed by atoms with Crippen molar-refractivity contribution in [2.24, 2.45) is 0 Å². The van der Waals surface area contributed by atoms with Gasteiger partial charge in [-0.05, 0) is 47.4 Å². The first-order valence-corrected chi connectivity index (χ1v) is 10.1. The van der Waals surface area contributed by atoms with E-state index in [-0.39, 0.29) is 12.2 Å². The summed E-state index contributed by atoms with van der Waals surface area (Å²) >= 11 is 0. The van der Waals surface area contributed by atoms with Crippen molar-refractivity contribution >= 4 is 10.9 Å². The van der Waals surface area contributed by atoms with Crippen LogP contribution in [0, 0.1) is 23.0 Å². The second-order valence-electron chi connectivity index (χ2n) is 7.77. The second kappa shape index (κ2) is 8.55. The molecule has 3 aromatic rings. The Labute approximate surface area is 190 Å². The molecule has 1 aliphatic heterocycles. The molecule has 1 atom stereocenters. The summed E-state index contributed by atoms with van der Waals surface area (Å²) in [6, 6.07) is 11.8. The average Bonchev–Trinajstić information content (AvgIpc) is 3.27. The first-order chi connectivity index (χ1) is 16.1. The Hall–Kier alpha value is -3.75. The van der Waals surface area contributed by atoms with Crippen molar-refractivity contribution in [2.45, 2.75) is 31.7 Å². The van der Waals surface area contributed by atoms with E-state index in [2.05, 4.69) is 15.9 Å². The van der Waals surface area contributed by atoms with Gasteiger partial charge in [-0.15, -0.1) is 5.53 Å². The molecular formula is C23H18F5N5O. The molecule has 176 valence electrons. The number of rotatable bonds is 5. The summed E-state index contributed by atoms with van der Waals surface area (Å²) in [5, 5.41) is 21.4. The van der Waals surface area contributed by atoms with Crippen LogP contribution in [-0.2, 0) is 6.54 Å². The van der Waals surface area contributed by atoms with Gasteiger partial charge < -0.3 is 10.5 Å². The van der Waals surface area contributed by atoms with E-state index >= 15 is 0 Å². The van der Waals surface area contributed by atoms with Gasteiger partial charge in [-0.3, -0.25) is 5.01 Å². The topological polar surface area (TPSA) is 84.2 Å². The molecule has 1 aromatic heterocycles. The molecule has 6 nitrogen and oxygen atoms in total. The Morgan fingerprint density at radius 2 is 1.85 bits per heavy atom. The first-order valence-electron chi connectivity index (χ1n) is 10.1. The maximum Gasteiger partial charge on any atom is 0.422 e. The Morgan fingerprint density at radius 1 is 1.09 bits per heavy atom. The lowest BCUT2D eigenvalue weighted by Gasteiger charge is -2.29. The maximum atomic E-state index is 13.8. The number of hydrogen-bond acceptors (Lipinski definition) is 6. The summed E-state index contributed by atoms with van der Waals surface area (Å²) in [6.07, 6.45) is -4.31. The highest BCUT2D eigenvalue weighted by Crippen LogP contribution is 2.38. The van der Waals surface area contributed by atoms with Crippen molar-refractivity contribution in [1.82, 2.24) is 21.0 Å². The highest BCUT2D eigenvalue weighted by Gasteiger charge is 2.56. The van der Waals surface area contributed by atoms with E-state index < -0.39 is 35.5 Å². The van der Waals surface area contributed by atoms with E-state index in [9.17, 15) is 32.3 Å². The summed E-state index contributed by atoms with van der Waals surface area (Å²) in [6.45, 7) is 1.33.